The number of rotatable bonds is 6. The van der Waals surface area contributed by atoms with Gasteiger partial charge in [0.1, 0.15) is 11.6 Å². The number of ether oxygens (including phenoxy) is 1. The minimum atomic E-state index is 0.123. The number of aromatic nitrogens is 2. The number of benzene rings is 2. The number of ketones is 1. The van der Waals surface area contributed by atoms with Crippen LogP contribution in [0.1, 0.15) is 33.7 Å². The molecule has 1 aliphatic rings. The lowest BCUT2D eigenvalue weighted by Gasteiger charge is -2.18. The first-order chi connectivity index (χ1) is 13.7. The van der Waals surface area contributed by atoms with Crippen LogP contribution in [0.15, 0.2) is 65.3 Å². The van der Waals surface area contributed by atoms with Crippen LogP contribution in [0.25, 0.3) is 6.08 Å². The van der Waals surface area contributed by atoms with E-state index >= 15 is 0 Å². The molecule has 1 aliphatic carbocycles. The molecule has 4 nitrogen and oxygen atoms in total. The minimum absolute atomic E-state index is 0.123. The second kappa shape index (κ2) is 8.48. The molecule has 1 aromatic heterocycles. The Morgan fingerprint density at radius 3 is 2.79 bits per heavy atom. The number of carbonyl (C=O) groups excluding carboxylic acids is 1. The third kappa shape index (κ3) is 4.20. The first-order valence-corrected chi connectivity index (χ1v) is 10.6. The third-order valence-electron chi connectivity index (χ3n) is 4.90. The van der Waals surface area contributed by atoms with E-state index < -0.39 is 0 Å². The van der Waals surface area contributed by atoms with Crippen LogP contribution in [-0.4, -0.2) is 28.6 Å². The zero-order valence-corrected chi connectivity index (χ0v) is 16.6. The molecule has 4 rings (SSSR count). The SMILES string of the molecule is CSc1ccc(C=C2CCc3cc(OCCc4ncc[nH]4)ccc3C2=O)cc1. The van der Waals surface area contributed by atoms with Crippen molar-refractivity contribution in [2.24, 2.45) is 0 Å². The largest absolute Gasteiger partial charge is 0.493 e. The second-order valence-electron chi connectivity index (χ2n) is 6.73. The van der Waals surface area contributed by atoms with Gasteiger partial charge in [-0.3, -0.25) is 4.79 Å². The van der Waals surface area contributed by atoms with Crippen molar-refractivity contribution in [2.45, 2.75) is 24.2 Å². The number of hydrogen-bond acceptors (Lipinski definition) is 4. The van der Waals surface area contributed by atoms with Crippen molar-refractivity contribution in [1.29, 1.82) is 0 Å². The van der Waals surface area contributed by atoms with Gasteiger partial charge in [0.2, 0.25) is 0 Å². The molecule has 0 radical (unpaired) electrons. The monoisotopic (exact) mass is 390 g/mol. The van der Waals surface area contributed by atoms with Crippen molar-refractivity contribution in [3.63, 3.8) is 0 Å². The van der Waals surface area contributed by atoms with E-state index in [0.717, 1.165) is 53.1 Å². The quantitative estimate of drug-likeness (QED) is 0.477. The van der Waals surface area contributed by atoms with Gasteiger partial charge in [0, 0.05) is 34.8 Å². The summed E-state index contributed by atoms with van der Waals surface area (Å²) in [6.07, 6.45) is 9.96. The Morgan fingerprint density at radius 2 is 2.04 bits per heavy atom. The lowest BCUT2D eigenvalue weighted by molar-refractivity contribution is 0.102. The number of thioether (sulfide) groups is 1. The van der Waals surface area contributed by atoms with E-state index in [2.05, 4.69) is 40.5 Å². The molecule has 1 heterocycles. The lowest BCUT2D eigenvalue weighted by atomic mass is 9.86. The highest BCUT2D eigenvalue weighted by Gasteiger charge is 2.22. The summed E-state index contributed by atoms with van der Waals surface area (Å²) >= 11 is 1.72. The fourth-order valence-electron chi connectivity index (χ4n) is 3.38. The highest BCUT2D eigenvalue weighted by molar-refractivity contribution is 7.98. The van der Waals surface area contributed by atoms with E-state index in [1.54, 1.807) is 18.0 Å². The molecule has 0 amide bonds. The number of fused-ring (bicyclic) bond motifs is 1. The lowest BCUT2D eigenvalue weighted by Crippen LogP contribution is -2.14. The second-order valence-corrected chi connectivity index (χ2v) is 7.60. The normalized spacial score (nSPS) is 14.9. The number of aryl methyl sites for hydroxylation is 1. The molecule has 0 unspecified atom stereocenters. The Hall–Kier alpha value is -2.79. The van der Waals surface area contributed by atoms with Crippen LogP contribution in [0, 0.1) is 0 Å². The summed E-state index contributed by atoms with van der Waals surface area (Å²) in [7, 11) is 0. The topological polar surface area (TPSA) is 55.0 Å². The van der Waals surface area contributed by atoms with Crippen molar-refractivity contribution in [3.8, 4) is 5.75 Å². The maximum Gasteiger partial charge on any atom is 0.189 e. The average Bonchev–Trinajstić information content (AvgIpc) is 3.24. The zero-order valence-electron chi connectivity index (χ0n) is 15.8. The third-order valence-corrected chi connectivity index (χ3v) is 5.64. The summed E-state index contributed by atoms with van der Waals surface area (Å²) in [4.78, 5) is 21.4. The van der Waals surface area contributed by atoms with Crippen molar-refractivity contribution < 1.29 is 9.53 Å². The number of nitrogens with zero attached hydrogens (tertiary/aromatic N) is 1. The fourth-order valence-corrected chi connectivity index (χ4v) is 3.79. The van der Waals surface area contributed by atoms with Gasteiger partial charge >= 0.3 is 0 Å². The van der Waals surface area contributed by atoms with Gasteiger partial charge in [0.25, 0.3) is 0 Å². The number of aromatic amines is 1. The molecule has 0 fully saturated rings. The molecule has 0 atom stereocenters. The van der Waals surface area contributed by atoms with Crippen LogP contribution in [-0.2, 0) is 12.8 Å². The Morgan fingerprint density at radius 1 is 1.18 bits per heavy atom. The van der Waals surface area contributed by atoms with Gasteiger partial charge in [-0.05, 0) is 66.6 Å². The van der Waals surface area contributed by atoms with Gasteiger partial charge in [0.15, 0.2) is 5.78 Å². The molecule has 142 valence electrons. The number of hydrogen-bond donors (Lipinski definition) is 1. The van der Waals surface area contributed by atoms with E-state index in [-0.39, 0.29) is 5.78 Å². The Kier molecular flexibility index (Phi) is 5.63. The molecule has 0 spiro atoms. The van der Waals surface area contributed by atoms with E-state index in [1.165, 1.54) is 4.90 Å². The molecule has 28 heavy (non-hydrogen) atoms. The minimum Gasteiger partial charge on any atom is -0.493 e. The van der Waals surface area contributed by atoms with Crippen LogP contribution < -0.4 is 4.74 Å². The molecule has 2 aromatic carbocycles. The standard InChI is InChI=1S/C23H22N2O2S/c1-28-20-7-2-16(3-8-20)14-18-5-4-17-15-19(6-9-21(17)23(18)26)27-13-10-22-24-11-12-25-22/h2-3,6-9,11-12,14-15H,4-5,10,13H2,1H3,(H,24,25). The number of Topliss-reactive ketones (excluding diaryl/α,β-unsaturated/α-hetero) is 1. The van der Waals surface area contributed by atoms with Crippen molar-refractivity contribution in [2.75, 3.05) is 12.9 Å². The van der Waals surface area contributed by atoms with Crippen molar-refractivity contribution >= 4 is 23.6 Å². The van der Waals surface area contributed by atoms with Crippen molar-refractivity contribution in [1.82, 2.24) is 9.97 Å². The average molecular weight is 391 g/mol. The molecule has 0 saturated carbocycles. The van der Waals surface area contributed by atoms with Gasteiger partial charge in [-0.2, -0.15) is 0 Å². The first kappa shape index (κ1) is 18.6. The van der Waals surface area contributed by atoms with Gasteiger partial charge in [-0.15, -0.1) is 11.8 Å². The molecular weight excluding hydrogens is 368 g/mol. The Bertz CT molecular complexity index is 992. The predicted molar refractivity (Wildman–Crippen MR) is 113 cm³/mol. The molecule has 3 aromatic rings. The molecule has 0 bridgehead atoms. The highest BCUT2D eigenvalue weighted by atomic mass is 32.2. The smallest absolute Gasteiger partial charge is 0.189 e. The number of allylic oxidation sites excluding steroid dienone is 1. The number of H-pyrrole nitrogens is 1. The van der Waals surface area contributed by atoms with Crippen LogP contribution in [0.2, 0.25) is 0 Å². The Labute approximate surface area is 169 Å². The van der Waals surface area contributed by atoms with Crippen molar-refractivity contribution in [3.05, 3.63) is 82.9 Å². The van der Waals surface area contributed by atoms with E-state index in [4.69, 9.17) is 4.74 Å². The molecule has 5 heteroatoms. The first-order valence-electron chi connectivity index (χ1n) is 9.36. The zero-order chi connectivity index (χ0) is 19.3. The summed E-state index contributed by atoms with van der Waals surface area (Å²) < 4.78 is 5.84. The summed E-state index contributed by atoms with van der Waals surface area (Å²) in [5.74, 6) is 1.84. The summed E-state index contributed by atoms with van der Waals surface area (Å²) in [6.45, 7) is 0.553. The highest BCUT2D eigenvalue weighted by Crippen LogP contribution is 2.30. The number of nitrogens with one attached hydrogen (secondary N) is 1. The maximum absolute atomic E-state index is 12.9. The number of imidazole rings is 1. The molecule has 1 N–H and O–H groups in total. The molecule has 0 aliphatic heterocycles. The Balaban J connectivity index is 1.45. The van der Waals surface area contributed by atoms with Gasteiger partial charge in [0.05, 0.1) is 6.61 Å². The van der Waals surface area contributed by atoms with E-state index in [0.29, 0.717) is 6.61 Å². The summed E-state index contributed by atoms with van der Waals surface area (Å²) in [5.41, 5.74) is 3.80. The number of carbonyl (C=O) groups is 1. The van der Waals surface area contributed by atoms with E-state index in [1.807, 2.05) is 30.5 Å². The van der Waals surface area contributed by atoms with Gasteiger partial charge in [-0.25, -0.2) is 4.98 Å². The van der Waals surface area contributed by atoms with Gasteiger partial charge < -0.3 is 9.72 Å². The fraction of sp³-hybridized carbons (Fsp3) is 0.217. The summed E-state index contributed by atoms with van der Waals surface area (Å²) in [6, 6.07) is 14.1. The van der Waals surface area contributed by atoms with Crippen LogP contribution in [0.3, 0.4) is 0 Å². The maximum atomic E-state index is 12.9. The van der Waals surface area contributed by atoms with Crippen LogP contribution in [0.5, 0.6) is 5.75 Å². The predicted octanol–water partition coefficient (Wildman–Crippen LogP) is 4.97. The van der Waals surface area contributed by atoms with Gasteiger partial charge in [-0.1, -0.05) is 12.1 Å². The molecule has 0 saturated heterocycles. The van der Waals surface area contributed by atoms with E-state index in [9.17, 15) is 4.79 Å². The van der Waals surface area contributed by atoms with Crippen LogP contribution >= 0.6 is 11.8 Å². The summed E-state index contributed by atoms with van der Waals surface area (Å²) in [5, 5.41) is 0. The molecular formula is C23H22N2O2S. The van der Waals surface area contributed by atoms with Crippen LogP contribution in [0.4, 0.5) is 0 Å².